The standard InChI is InChI=1S/C41H75NO6/c1-5-7-27-36-46-39(43)32-25-21-17-13-9-11-15-19-23-30-38(48-41(45)34-29-35-42(3)4)31-24-20-16-12-10-14-18-22-26-33-40(44)47-37-28-8-6-2/h21-22,25-26,38H,5-20,23-24,27-37H2,1-4H3/b25-21-,26-22-. The van der Waals surface area contributed by atoms with Crippen LogP contribution in [0, 0.1) is 0 Å². The summed E-state index contributed by atoms with van der Waals surface area (Å²) in [5.74, 6) is -0.284. The first-order valence-corrected chi connectivity index (χ1v) is 19.8. The maximum Gasteiger partial charge on any atom is 0.309 e. The van der Waals surface area contributed by atoms with Crippen molar-refractivity contribution in [3.05, 3.63) is 24.3 Å². The Morgan fingerprint density at radius 3 is 1.40 bits per heavy atom. The minimum absolute atomic E-state index is 0.0440. The number of allylic oxidation sites excluding steroid dienone is 2. The predicted molar refractivity (Wildman–Crippen MR) is 200 cm³/mol. The van der Waals surface area contributed by atoms with Crippen LogP contribution < -0.4 is 0 Å². The molecule has 0 heterocycles. The molecule has 0 N–H and O–H groups in total. The zero-order valence-corrected chi connectivity index (χ0v) is 31.8. The fourth-order valence-electron chi connectivity index (χ4n) is 5.52. The lowest BCUT2D eigenvalue weighted by Crippen LogP contribution is -2.20. The molecule has 0 aromatic heterocycles. The number of hydrogen-bond acceptors (Lipinski definition) is 7. The van der Waals surface area contributed by atoms with Crippen molar-refractivity contribution in [1.29, 1.82) is 0 Å². The van der Waals surface area contributed by atoms with E-state index in [1.54, 1.807) is 0 Å². The van der Waals surface area contributed by atoms with Crippen LogP contribution >= 0.6 is 0 Å². The summed E-state index contributed by atoms with van der Waals surface area (Å²) in [4.78, 5) is 38.0. The minimum Gasteiger partial charge on any atom is -0.465 e. The van der Waals surface area contributed by atoms with Gasteiger partial charge in [-0.3, -0.25) is 14.4 Å². The van der Waals surface area contributed by atoms with Gasteiger partial charge in [0, 0.05) is 6.42 Å². The molecule has 0 unspecified atom stereocenters. The van der Waals surface area contributed by atoms with Gasteiger partial charge in [0.2, 0.25) is 0 Å². The van der Waals surface area contributed by atoms with Crippen LogP contribution in [0.25, 0.3) is 0 Å². The summed E-state index contributed by atoms with van der Waals surface area (Å²) >= 11 is 0. The SMILES string of the molecule is CCCCCOC(=O)C/C=C\CCCCCCCCC(CCCCCCCC/C=C\CC(=O)OCCCCC)OC(=O)CCCN(C)C. The highest BCUT2D eigenvalue weighted by molar-refractivity contribution is 5.71. The number of nitrogens with zero attached hydrogens (tertiary/aromatic N) is 1. The Kier molecular flexibility index (Phi) is 34.5. The summed E-state index contributed by atoms with van der Waals surface area (Å²) < 4.78 is 16.4. The molecule has 7 heteroatoms. The molecule has 0 aliphatic carbocycles. The van der Waals surface area contributed by atoms with Gasteiger partial charge in [0.1, 0.15) is 6.10 Å². The van der Waals surface area contributed by atoms with Gasteiger partial charge in [-0.25, -0.2) is 0 Å². The Morgan fingerprint density at radius 2 is 0.958 bits per heavy atom. The molecule has 0 aromatic rings. The molecule has 0 fully saturated rings. The summed E-state index contributed by atoms with van der Waals surface area (Å²) in [6.07, 6.45) is 34.8. The number of rotatable bonds is 35. The molecule has 0 amide bonds. The smallest absolute Gasteiger partial charge is 0.309 e. The van der Waals surface area contributed by atoms with Crippen LogP contribution in [-0.2, 0) is 28.6 Å². The normalized spacial score (nSPS) is 11.7. The van der Waals surface area contributed by atoms with Crippen molar-refractivity contribution >= 4 is 17.9 Å². The second-order valence-corrected chi connectivity index (χ2v) is 13.6. The second kappa shape index (κ2) is 36.1. The minimum atomic E-state index is -0.120. The van der Waals surface area contributed by atoms with E-state index in [0.717, 1.165) is 103 Å². The molecular weight excluding hydrogens is 602 g/mol. The zero-order chi connectivity index (χ0) is 35.3. The predicted octanol–water partition coefficient (Wildman–Crippen LogP) is 10.8. The first-order valence-electron chi connectivity index (χ1n) is 19.8. The number of carbonyl (C=O) groups excluding carboxylic acids is 3. The lowest BCUT2D eigenvalue weighted by molar-refractivity contribution is -0.150. The van der Waals surface area contributed by atoms with Crippen LogP contribution in [0.5, 0.6) is 0 Å². The van der Waals surface area contributed by atoms with Crippen molar-refractivity contribution < 1.29 is 28.6 Å². The van der Waals surface area contributed by atoms with Gasteiger partial charge in [-0.2, -0.15) is 0 Å². The summed E-state index contributed by atoms with van der Waals surface area (Å²) in [7, 11) is 4.07. The van der Waals surface area contributed by atoms with Gasteiger partial charge in [-0.05, 0) is 91.3 Å². The van der Waals surface area contributed by atoms with Gasteiger partial charge in [-0.1, -0.05) is 115 Å². The number of unbranched alkanes of at least 4 members (excludes halogenated alkanes) is 16. The topological polar surface area (TPSA) is 82.1 Å². The van der Waals surface area contributed by atoms with Gasteiger partial charge in [-0.15, -0.1) is 0 Å². The zero-order valence-electron chi connectivity index (χ0n) is 31.8. The maximum absolute atomic E-state index is 12.5. The van der Waals surface area contributed by atoms with Crippen molar-refractivity contribution in [3.63, 3.8) is 0 Å². The fraction of sp³-hybridized carbons (Fsp3) is 0.829. The maximum atomic E-state index is 12.5. The number of ether oxygens (including phenoxy) is 3. The third kappa shape index (κ3) is 35.2. The number of hydrogen-bond donors (Lipinski definition) is 0. The lowest BCUT2D eigenvalue weighted by Gasteiger charge is -2.18. The van der Waals surface area contributed by atoms with Crippen LogP contribution in [0.4, 0.5) is 0 Å². The van der Waals surface area contributed by atoms with E-state index in [9.17, 15) is 14.4 Å². The molecule has 0 saturated heterocycles. The van der Waals surface area contributed by atoms with Crippen LogP contribution in [0.1, 0.15) is 181 Å². The van der Waals surface area contributed by atoms with E-state index < -0.39 is 0 Å². The average Bonchev–Trinajstić information content (AvgIpc) is 3.06. The summed E-state index contributed by atoms with van der Waals surface area (Å²) in [5.41, 5.74) is 0. The van der Waals surface area contributed by atoms with Crippen LogP contribution in [0.15, 0.2) is 24.3 Å². The second-order valence-electron chi connectivity index (χ2n) is 13.6. The van der Waals surface area contributed by atoms with Gasteiger partial charge in [0.15, 0.2) is 0 Å². The highest BCUT2D eigenvalue weighted by Gasteiger charge is 2.14. The van der Waals surface area contributed by atoms with Crippen molar-refractivity contribution in [2.75, 3.05) is 33.9 Å². The lowest BCUT2D eigenvalue weighted by atomic mass is 10.0. The molecule has 48 heavy (non-hydrogen) atoms. The fourth-order valence-corrected chi connectivity index (χ4v) is 5.52. The molecule has 280 valence electrons. The van der Waals surface area contributed by atoms with Crippen molar-refractivity contribution in [1.82, 2.24) is 4.90 Å². The van der Waals surface area contributed by atoms with Crippen LogP contribution in [-0.4, -0.2) is 62.8 Å². The van der Waals surface area contributed by atoms with E-state index in [2.05, 4.69) is 30.9 Å². The highest BCUT2D eigenvalue weighted by Crippen LogP contribution is 2.18. The largest absolute Gasteiger partial charge is 0.465 e. The van der Waals surface area contributed by atoms with Gasteiger partial charge in [0.05, 0.1) is 26.1 Å². The van der Waals surface area contributed by atoms with Crippen LogP contribution in [0.2, 0.25) is 0 Å². The van der Waals surface area contributed by atoms with E-state index >= 15 is 0 Å². The molecule has 0 bridgehead atoms. The Hall–Kier alpha value is -2.15. The van der Waals surface area contributed by atoms with Gasteiger partial charge >= 0.3 is 17.9 Å². The summed E-state index contributed by atoms with van der Waals surface area (Å²) in [6, 6.07) is 0. The Labute approximate surface area is 296 Å². The number of esters is 3. The third-order valence-electron chi connectivity index (χ3n) is 8.50. The number of carbonyl (C=O) groups is 3. The van der Waals surface area contributed by atoms with Crippen LogP contribution in [0.3, 0.4) is 0 Å². The van der Waals surface area contributed by atoms with Crippen molar-refractivity contribution in [3.8, 4) is 0 Å². The molecule has 0 aliphatic rings. The first-order chi connectivity index (χ1) is 23.4. The Bertz CT molecular complexity index is 757. The third-order valence-corrected chi connectivity index (χ3v) is 8.50. The van der Waals surface area contributed by atoms with E-state index in [1.807, 2.05) is 26.2 Å². The molecule has 0 radical (unpaired) electrons. The molecule has 0 saturated carbocycles. The average molecular weight is 678 g/mol. The van der Waals surface area contributed by atoms with E-state index in [-0.39, 0.29) is 24.0 Å². The van der Waals surface area contributed by atoms with Crippen molar-refractivity contribution in [2.24, 2.45) is 0 Å². The summed E-state index contributed by atoms with van der Waals surface area (Å²) in [5, 5.41) is 0. The molecular formula is C41H75NO6. The van der Waals surface area contributed by atoms with Crippen molar-refractivity contribution in [2.45, 2.75) is 187 Å². The molecule has 0 rings (SSSR count). The molecule has 0 atom stereocenters. The monoisotopic (exact) mass is 678 g/mol. The molecule has 0 aromatic carbocycles. The van der Waals surface area contributed by atoms with E-state index in [4.69, 9.17) is 14.2 Å². The van der Waals surface area contributed by atoms with E-state index in [1.165, 1.54) is 51.4 Å². The first kappa shape index (κ1) is 45.9. The van der Waals surface area contributed by atoms with E-state index in [0.29, 0.717) is 32.5 Å². The Morgan fingerprint density at radius 1 is 0.521 bits per heavy atom. The molecule has 0 spiro atoms. The summed E-state index contributed by atoms with van der Waals surface area (Å²) in [6.45, 7) is 6.28. The highest BCUT2D eigenvalue weighted by atomic mass is 16.5. The Balaban J connectivity index is 4.06. The quantitative estimate of drug-likeness (QED) is 0.0286. The molecule has 7 nitrogen and oxygen atoms in total. The van der Waals surface area contributed by atoms with Gasteiger partial charge < -0.3 is 19.1 Å². The molecule has 0 aliphatic heterocycles. The van der Waals surface area contributed by atoms with Gasteiger partial charge in [0.25, 0.3) is 0 Å².